The van der Waals surface area contributed by atoms with Crippen LogP contribution < -0.4 is 5.32 Å². The van der Waals surface area contributed by atoms with Crippen molar-refractivity contribution in [3.63, 3.8) is 0 Å². The summed E-state index contributed by atoms with van der Waals surface area (Å²) in [5, 5.41) is 3.04. The van der Waals surface area contributed by atoms with Gasteiger partial charge in [-0.3, -0.25) is 19.3 Å². The van der Waals surface area contributed by atoms with Gasteiger partial charge in [-0.2, -0.15) is 0 Å². The number of fused-ring (bicyclic) bond motifs is 7. The Morgan fingerprint density at radius 2 is 1.76 bits per heavy atom. The minimum atomic E-state index is -0.105. The molecule has 1 aliphatic heterocycles. The molecule has 1 saturated heterocycles. The molecule has 0 radical (unpaired) electrons. The highest BCUT2D eigenvalue weighted by molar-refractivity contribution is 6.06. The topological polar surface area (TPSA) is 66.5 Å². The molecule has 0 spiro atoms. The SMILES string of the molecule is O=C(NCCCN1C(=O)[C@@H]2[C@H](C1=O)[C@H]1C=C[C@H]2C1)[C@@H]1C[C@H]2CC[C@H]1C2. The maximum atomic E-state index is 12.6. The molecular formula is C20H26N2O3. The lowest BCUT2D eigenvalue weighted by Crippen LogP contribution is -2.38. The van der Waals surface area contributed by atoms with Crippen LogP contribution in [0.4, 0.5) is 0 Å². The molecule has 7 atom stereocenters. The van der Waals surface area contributed by atoms with Crippen molar-refractivity contribution < 1.29 is 14.4 Å². The summed E-state index contributed by atoms with van der Waals surface area (Å²) in [5.41, 5.74) is 0. The summed E-state index contributed by atoms with van der Waals surface area (Å²) in [6.07, 6.45) is 10.7. The Kier molecular flexibility index (Phi) is 3.54. The summed E-state index contributed by atoms with van der Waals surface area (Å²) >= 11 is 0. The van der Waals surface area contributed by atoms with Crippen molar-refractivity contribution in [3.8, 4) is 0 Å². The van der Waals surface area contributed by atoms with E-state index in [1.54, 1.807) is 0 Å². The fourth-order valence-corrected chi connectivity index (χ4v) is 6.33. The van der Waals surface area contributed by atoms with Crippen molar-refractivity contribution in [2.24, 2.45) is 41.4 Å². The zero-order chi connectivity index (χ0) is 17.1. The number of nitrogens with one attached hydrogen (secondary N) is 1. The van der Waals surface area contributed by atoms with Crippen LogP contribution in [0.5, 0.6) is 0 Å². The number of imide groups is 1. The molecule has 0 aromatic rings. The number of rotatable bonds is 5. The summed E-state index contributed by atoms with van der Waals surface area (Å²) in [6.45, 7) is 1.01. The van der Waals surface area contributed by atoms with E-state index in [0.29, 0.717) is 25.4 Å². The molecule has 134 valence electrons. The number of hydrogen-bond acceptors (Lipinski definition) is 3. The van der Waals surface area contributed by atoms with Crippen LogP contribution in [0.1, 0.15) is 38.5 Å². The first-order valence-electron chi connectivity index (χ1n) is 9.94. The Labute approximate surface area is 148 Å². The lowest BCUT2D eigenvalue weighted by atomic mass is 9.85. The minimum Gasteiger partial charge on any atom is -0.356 e. The predicted molar refractivity (Wildman–Crippen MR) is 91.0 cm³/mol. The zero-order valence-corrected chi connectivity index (χ0v) is 14.5. The number of amides is 3. The van der Waals surface area contributed by atoms with E-state index in [1.807, 2.05) is 0 Å². The van der Waals surface area contributed by atoms with Crippen molar-refractivity contribution >= 4 is 17.7 Å². The van der Waals surface area contributed by atoms with E-state index in [1.165, 1.54) is 24.2 Å². The van der Waals surface area contributed by atoms with Crippen LogP contribution in [-0.4, -0.2) is 35.7 Å². The monoisotopic (exact) mass is 342 g/mol. The average Bonchev–Trinajstić information content (AvgIpc) is 3.40. The molecule has 5 heteroatoms. The summed E-state index contributed by atoms with van der Waals surface area (Å²) in [5.74, 6) is 2.12. The number of carbonyl (C=O) groups excluding carboxylic acids is 3. The van der Waals surface area contributed by atoms with Crippen LogP contribution in [0, 0.1) is 41.4 Å². The average molecular weight is 342 g/mol. The molecule has 4 fully saturated rings. The highest BCUT2D eigenvalue weighted by atomic mass is 16.2. The molecule has 1 heterocycles. The first-order chi connectivity index (χ1) is 12.1. The fourth-order valence-electron chi connectivity index (χ4n) is 6.33. The van der Waals surface area contributed by atoms with Gasteiger partial charge < -0.3 is 5.32 Å². The molecule has 0 unspecified atom stereocenters. The molecule has 5 rings (SSSR count). The minimum absolute atomic E-state index is 0.0197. The largest absolute Gasteiger partial charge is 0.356 e. The molecule has 3 amide bonds. The molecule has 0 aromatic heterocycles. The second kappa shape index (κ2) is 5.68. The van der Waals surface area contributed by atoms with Crippen molar-refractivity contribution in [2.75, 3.05) is 13.1 Å². The predicted octanol–water partition coefficient (Wildman–Crippen LogP) is 1.74. The van der Waals surface area contributed by atoms with Gasteiger partial charge in [0.25, 0.3) is 0 Å². The lowest BCUT2D eigenvalue weighted by Gasteiger charge is -2.21. The maximum absolute atomic E-state index is 12.6. The van der Waals surface area contributed by atoms with E-state index >= 15 is 0 Å². The normalized spacial score (nSPS) is 43.4. The van der Waals surface area contributed by atoms with E-state index in [4.69, 9.17) is 0 Å². The van der Waals surface area contributed by atoms with Crippen LogP contribution >= 0.6 is 0 Å². The number of allylic oxidation sites excluding steroid dienone is 2. The third kappa shape index (κ3) is 2.31. The van der Waals surface area contributed by atoms with Crippen molar-refractivity contribution in [2.45, 2.75) is 38.5 Å². The summed E-state index contributed by atoms with van der Waals surface area (Å²) in [6, 6.07) is 0. The van der Waals surface area contributed by atoms with Gasteiger partial charge in [0.05, 0.1) is 11.8 Å². The molecule has 5 aliphatic rings. The van der Waals surface area contributed by atoms with Crippen LogP contribution in [0.15, 0.2) is 12.2 Å². The third-order valence-electron chi connectivity index (χ3n) is 7.49. The summed E-state index contributed by atoms with van der Waals surface area (Å²) in [4.78, 5) is 39.0. The van der Waals surface area contributed by atoms with E-state index in [2.05, 4.69) is 17.5 Å². The third-order valence-corrected chi connectivity index (χ3v) is 7.49. The maximum Gasteiger partial charge on any atom is 0.233 e. The Balaban J connectivity index is 1.11. The second-order valence-electron chi connectivity index (χ2n) is 8.75. The number of likely N-dealkylation sites (tertiary alicyclic amines) is 1. The Morgan fingerprint density at radius 1 is 1.04 bits per heavy atom. The summed E-state index contributed by atoms with van der Waals surface area (Å²) in [7, 11) is 0. The molecular weight excluding hydrogens is 316 g/mol. The van der Waals surface area contributed by atoms with Gasteiger partial charge in [0.2, 0.25) is 17.7 Å². The van der Waals surface area contributed by atoms with Gasteiger partial charge >= 0.3 is 0 Å². The molecule has 4 aliphatic carbocycles. The van der Waals surface area contributed by atoms with Crippen LogP contribution in [-0.2, 0) is 14.4 Å². The van der Waals surface area contributed by atoms with E-state index in [0.717, 1.165) is 18.8 Å². The lowest BCUT2D eigenvalue weighted by molar-refractivity contribution is -0.140. The molecule has 0 aromatic carbocycles. The van der Waals surface area contributed by atoms with Crippen LogP contribution in [0.2, 0.25) is 0 Å². The van der Waals surface area contributed by atoms with E-state index in [9.17, 15) is 14.4 Å². The number of hydrogen-bond donors (Lipinski definition) is 1. The number of nitrogens with zero attached hydrogens (tertiary/aromatic N) is 1. The number of carbonyl (C=O) groups is 3. The van der Waals surface area contributed by atoms with Gasteiger partial charge in [0, 0.05) is 19.0 Å². The molecule has 1 N–H and O–H groups in total. The van der Waals surface area contributed by atoms with Gasteiger partial charge in [-0.1, -0.05) is 18.6 Å². The second-order valence-corrected chi connectivity index (χ2v) is 8.75. The first-order valence-corrected chi connectivity index (χ1v) is 9.94. The molecule has 5 nitrogen and oxygen atoms in total. The van der Waals surface area contributed by atoms with Crippen LogP contribution in [0.25, 0.3) is 0 Å². The Hall–Kier alpha value is -1.65. The van der Waals surface area contributed by atoms with Gasteiger partial charge in [-0.05, 0) is 55.8 Å². The van der Waals surface area contributed by atoms with Gasteiger partial charge in [-0.25, -0.2) is 0 Å². The highest BCUT2D eigenvalue weighted by Gasteiger charge is 2.58. The molecule has 4 bridgehead atoms. The van der Waals surface area contributed by atoms with E-state index < -0.39 is 0 Å². The Morgan fingerprint density at radius 3 is 2.36 bits per heavy atom. The highest BCUT2D eigenvalue weighted by Crippen LogP contribution is 2.52. The Bertz CT molecular complexity index is 627. The summed E-state index contributed by atoms with van der Waals surface area (Å²) < 4.78 is 0. The zero-order valence-electron chi connectivity index (χ0n) is 14.5. The molecule has 3 saturated carbocycles. The van der Waals surface area contributed by atoms with Crippen molar-refractivity contribution in [3.05, 3.63) is 12.2 Å². The van der Waals surface area contributed by atoms with Gasteiger partial charge in [0.15, 0.2) is 0 Å². The van der Waals surface area contributed by atoms with Crippen molar-refractivity contribution in [1.29, 1.82) is 0 Å². The van der Waals surface area contributed by atoms with Gasteiger partial charge in [0.1, 0.15) is 0 Å². The van der Waals surface area contributed by atoms with Crippen LogP contribution in [0.3, 0.4) is 0 Å². The smallest absolute Gasteiger partial charge is 0.233 e. The van der Waals surface area contributed by atoms with E-state index in [-0.39, 0.29) is 47.3 Å². The molecule has 25 heavy (non-hydrogen) atoms. The quantitative estimate of drug-likeness (QED) is 0.470. The standard InChI is InChI=1S/C20H26N2O3/c23-18(15-9-11-2-3-12(15)8-11)21-6-1-7-22-19(24)16-13-4-5-14(10-13)17(16)20(22)25/h4-5,11-17H,1-3,6-10H2,(H,21,23)/t11-,12-,13-,14-,15+,16-,17+/m0/s1. The van der Waals surface area contributed by atoms with Crippen molar-refractivity contribution in [1.82, 2.24) is 10.2 Å². The fraction of sp³-hybridized carbons (Fsp3) is 0.750. The first kappa shape index (κ1) is 15.6. The van der Waals surface area contributed by atoms with Gasteiger partial charge in [-0.15, -0.1) is 0 Å².